The van der Waals surface area contributed by atoms with Gasteiger partial charge in [-0.1, -0.05) is 11.6 Å². The van der Waals surface area contributed by atoms with Crippen molar-refractivity contribution in [1.82, 2.24) is 9.55 Å². The van der Waals surface area contributed by atoms with E-state index in [-0.39, 0.29) is 16.4 Å². The summed E-state index contributed by atoms with van der Waals surface area (Å²) in [5.41, 5.74) is 2.06. The second-order valence-corrected chi connectivity index (χ2v) is 8.01. The fourth-order valence-corrected chi connectivity index (χ4v) is 4.79. The van der Waals surface area contributed by atoms with Crippen LogP contribution in [-0.4, -0.2) is 21.4 Å². The van der Waals surface area contributed by atoms with Crippen LogP contribution in [0.5, 0.6) is 0 Å². The first kappa shape index (κ1) is 17.0. The van der Waals surface area contributed by atoms with Crippen molar-refractivity contribution >= 4 is 66.2 Å². The van der Waals surface area contributed by atoms with Gasteiger partial charge in [-0.3, -0.25) is 4.79 Å². The summed E-state index contributed by atoms with van der Waals surface area (Å²) in [6.07, 6.45) is 0. The predicted octanol–water partition coefficient (Wildman–Crippen LogP) is 5.40. The van der Waals surface area contributed by atoms with E-state index in [1.54, 1.807) is 0 Å². The van der Waals surface area contributed by atoms with Crippen molar-refractivity contribution < 1.29 is 9.18 Å². The summed E-state index contributed by atoms with van der Waals surface area (Å²) in [6.45, 7) is 2.88. The van der Waals surface area contributed by atoms with Gasteiger partial charge in [0.05, 0.1) is 20.6 Å². The summed E-state index contributed by atoms with van der Waals surface area (Å²) in [6, 6.07) is 5.90. The number of carbonyl (C=O) groups excluding carboxylic acids is 1. The summed E-state index contributed by atoms with van der Waals surface area (Å²) < 4.78 is 16.8. The Labute approximate surface area is 164 Å². The van der Waals surface area contributed by atoms with Crippen molar-refractivity contribution in [2.75, 3.05) is 5.32 Å². The first-order valence-electron chi connectivity index (χ1n) is 7.51. The quantitative estimate of drug-likeness (QED) is 0.493. The summed E-state index contributed by atoms with van der Waals surface area (Å²) >= 11 is 13.1. The van der Waals surface area contributed by atoms with Gasteiger partial charge in [-0.15, -0.1) is 0 Å². The maximum atomic E-state index is 13.6. The molecule has 0 fully saturated rings. The van der Waals surface area contributed by atoms with Crippen LogP contribution in [0.2, 0.25) is 5.02 Å². The van der Waals surface area contributed by atoms with Crippen LogP contribution in [0.1, 0.15) is 22.8 Å². The largest absolute Gasteiger partial charge is 0.351 e. The highest BCUT2D eigenvalue weighted by Gasteiger charge is 2.27. The van der Waals surface area contributed by atoms with E-state index in [0.717, 1.165) is 24.1 Å². The fourth-order valence-electron chi connectivity index (χ4n) is 3.04. The highest BCUT2D eigenvalue weighted by atomic mass is 79.9. The van der Waals surface area contributed by atoms with E-state index in [1.807, 2.05) is 6.07 Å². The number of anilines is 1. The van der Waals surface area contributed by atoms with Gasteiger partial charge in [-0.2, -0.15) is 0 Å². The number of ketones is 1. The van der Waals surface area contributed by atoms with Crippen molar-refractivity contribution in [3.05, 3.63) is 55.2 Å². The molecule has 8 heteroatoms. The predicted molar refractivity (Wildman–Crippen MR) is 103 cm³/mol. The first-order chi connectivity index (χ1) is 11.9. The summed E-state index contributed by atoms with van der Waals surface area (Å²) in [7, 11) is 0. The molecule has 4 nitrogen and oxygen atoms in total. The molecule has 0 amide bonds. The van der Waals surface area contributed by atoms with Gasteiger partial charge in [0.25, 0.3) is 0 Å². The monoisotopic (exact) mass is 485 g/mol. The standard InChI is InChI=1S/C17H11Br2ClFN3O/c1-7-6-24-12-5-10(18)13(14(19)15(12)23-17(24)22-7)16(25)9-4-8(21)2-3-11(9)20/h2-5,7H,6H2,1H3,(H,22,23). The van der Waals surface area contributed by atoms with E-state index in [1.165, 1.54) is 12.1 Å². The zero-order chi connectivity index (χ0) is 17.9. The minimum Gasteiger partial charge on any atom is -0.351 e. The second kappa shape index (κ2) is 6.07. The smallest absolute Gasteiger partial charge is 0.204 e. The number of carbonyl (C=O) groups is 1. The fraction of sp³-hybridized carbons (Fsp3) is 0.176. The molecule has 0 saturated carbocycles. The number of benzene rings is 2. The maximum Gasteiger partial charge on any atom is 0.204 e. The molecule has 1 aromatic heterocycles. The average Bonchev–Trinajstić information content (AvgIpc) is 3.07. The molecule has 3 aromatic rings. The van der Waals surface area contributed by atoms with Crippen molar-refractivity contribution in [2.24, 2.45) is 0 Å². The molecule has 1 aliphatic rings. The molecule has 0 bridgehead atoms. The molecule has 2 aromatic carbocycles. The molecule has 4 rings (SSSR count). The van der Waals surface area contributed by atoms with E-state index < -0.39 is 5.82 Å². The summed E-state index contributed by atoms with van der Waals surface area (Å²) in [4.78, 5) is 17.6. The van der Waals surface area contributed by atoms with Crippen LogP contribution in [-0.2, 0) is 6.54 Å². The maximum absolute atomic E-state index is 13.6. The number of hydrogen-bond donors (Lipinski definition) is 1. The molecule has 25 heavy (non-hydrogen) atoms. The topological polar surface area (TPSA) is 46.9 Å². The van der Waals surface area contributed by atoms with Crippen LogP contribution < -0.4 is 5.32 Å². The third-order valence-corrected chi connectivity index (χ3v) is 5.90. The molecular formula is C17H11Br2ClFN3O. The number of aromatic nitrogens is 2. The minimum absolute atomic E-state index is 0.112. The number of hydrogen-bond acceptors (Lipinski definition) is 3. The van der Waals surface area contributed by atoms with Crippen LogP contribution in [0.4, 0.5) is 10.3 Å². The molecule has 1 N–H and O–H groups in total. The number of nitrogens with one attached hydrogen (secondary N) is 1. The van der Waals surface area contributed by atoms with Crippen molar-refractivity contribution in [3.63, 3.8) is 0 Å². The highest BCUT2D eigenvalue weighted by molar-refractivity contribution is 9.11. The van der Waals surface area contributed by atoms with Gasteiger partial charge >= 0.3 is 0 Å². The van der Waals surface area contributed by atoms with Gasteiger partial charge in [-0.05, 0) is 63.0 Å². The summed E-state index contributed by atoms with van der Waals surface area (Å²) in [5, 5.41) is 3.49. The zero-order valence-electron chi connectivity index (χ0n) is 12.9. The number of imidazole rings is 1. The molecule has 1 aliphatic heterocycles. The van der Waals surface area contributed by atoms with Crippen molar-refractivity contribution in [1.29, 1.82) is 0 Å². The van der Waals surface area contributed by atoms with E-state index >= 15 is 0 Å². The van der Waals surface area contributed by atoms with Crippen LogP contribution in [0.3, 0.4) is 0 Å². The lowest BCUT2D eigenvalue weighted by atomic mass is 10.0. The van der Waals surface area contributed by atoms with Gasteiger partial charge in [-0.25, -0.2) is 9.37 Å². The molecule has 1 atom stereocenters. The second-order valence-electron chi connectivity index (χ2n) is 5.96. The lowest BCUT2D eigenvalue weighted by molar-refractivity contribution is 0.103. The Morgan fingerprint density at radius 1 is 1.40 bits per heavy atom. The molecule has 0 saturated heterocycles. The number of nitrogens with zero attached hydrogens (tertiary/aromatic N) is 2. The van der Waals surface area contributed by atoms with Gasteiger partial charge < -0.3 is 9.88 Å². The third kappa shape index (κ3) is 2.69. The van der Waals surface area contributed by atoms with E-state index in [9.17, 15) is 9.18 Å². The molecule has 0 spiro atoms. The van der Waals surface area contributed by atoms with Gasteiger partial charge in [0.1, 0.15) is 11.3 Å². The SMILES string of the molecule is CC1Cn2c(nc3c(Br)c(C(=O)c4cc(F)ccc4Cl)c(Br)cc32)N1. The van der Waals surface area contributed by atoms with Crippen LogP contribution in [0.15, 0.2) is 33.2 Å². The van der Waals surface area contributed by atoms with Crippen LogP contribution in [0, 0.1) is 5.82 Å². The van der Waals surface area contributed by atoms with Crippen LogP contribution >= 0.6 is 43.5 Å². The van der Waals surface area contributed by atoms with Crippen molar-refractivity contribution in [3.8, 4) is 0 Å². The Kier molecular flexibility index (Phi) is 4.13. The van der Waals surface area contributed by atoms with E-state index in [4.69, 9.17) is 11.6 Å². The zero-order valence-corrected chi connectivity index (χ0v) is 16.8. The molecular weight excluding hydrogens is 476 g/mol. The Morgan fingerprint density at radius 2 is 2.16 bits per heavy atom. The number of halogens is 4. The molecule has 0 aliphatic carbocycles. The Bertz CT molecular complexity index is 1050. The summed E-state index contributed by atoms with van der Waals surface area (Å²) in [5.74, 6) is -0.122. The highest BCUT2D eigenvalue weighted by Crippen LogP contribution is 2.38. The van der Waals surface area contributed by atoms with Crippen LogP contribution in [0.25, 0.3) is 11.0 Å². The lowest BCUT2D eigenvalue weighted by Crippen LogP contribution is -2.11. The van der Waals surface area contributed by atoms with Crippen molar-refractivity contribution in [2.45, 2.75) is 19.5 Å². The van der Waals surface area contributed by atoms with Gasteiger partial charge in [0, 0.05) is 22.6 Å². The normalized spacial score (nSPS) is 16.1. The van der Waals surface area contributed by atoms with Gasteiger partial charge in [0.15, 0.2) is 5.78 Å². The molecule has 128 valence electrons. The number of fused-ring (bicyclic) bond motifs is 3. The van der Waals surface area contributed by atoms with E-state index in [2.05, 4.69) is 53.7 Å². The Morgan fingerprint density at radius 3 is 2.92 bits per heavy atom. The molecule has 2 heterocycles. The first-order valence-corrected chi connectivity index (χ1v) is 9.47. The van der Waals surface area contributed by atoms with E-state index in [0.29, 0.717) is 26.1 Å². The molecule has 1 unspecified atom stereocenters. The van der Waals surface area contributed by atoms with Gasteiger partial charge in [0.2, 0.25) is 5.95 Å². The number of rotatable bonds is 2. The average molecular weight is 488 g/mol. The lowest BCUT2D eigenvalue weighted by Gasteiger charge is -2.10. The molecule has 0 radical (unpaired) electrons. The Hall–Kier alpha value is -1.44. The minimum atomic E-state index is -0.514. The Balaban J connectivity index is 1.91. The third-order valence-electron chi connectivity index (χ3n) is 4.17.